The number of carboxylic acids is 1. The molecule has 3 saturated carbocycles. The van der Waals surface area contributed by atoms with Crippen LogP contribution < -0.4 is 9.47 Å². The van der Waals surface area contributed by atoms with Gasteiger partial charge in [0, 0.05) is 12.5 Å². The number of ether oxygens (including phenoxy) is 2. The number of carbonyl (C=O) groups is 2. The van der Waals surface area contributed by atoms with Crippen LogP contribution in [-0.4, -0.2) is 24.2 Å². The smallest absolute Gasteiger partial charge is 0.331 e. The summed E-state index contributed by atoms with van der Waals surface area (Å²) in [5.41, 5.74) is 4.68. The summed E-state index contributed by atoms with van der Waals surface area (Å²) >= 11 is 0. The fourth-order valence-electron chi connectivity index (χ4n) is 9.43. The minimum Gasteiger partial charge on any atom is -0.493 e. The van der Waals surface area contributed by atoms with Gasteiger partial charge in [-0.15, -0.1) is 0 Å². The zero-order chi connectivity index (χ0) is 32.7. The lowest BCUT2D eigenvalue weighted by atomic mass is 9.49. The van der Waals surface area contributed by atoms with E-state index in [0.717, 1.165) is 30.7 Å². The Labute approximate surface area is 270 Å². The van der Waals surface area contributed by atoms with Gasteiger partial charge in [-0.1, -0.05) is 83.1 Å². The van der Waals surface area contributed by atoms with E-state index in [9.17, 15) is 14.7 Å². The Balaban J connectivity index is 1.37. The van der Waals surface area contributed by atoms with Crippen molar-refractivity contribution in [3.05, 3.63) is 64.8 Å². The van der Waals surface area contributed by atoms with Gasteiger partial charge in [-0.2, -0.15) is 0 Å². The Morgan fingerprint density at radius 1 is 0.956 bits per heavy atom. The highest BCUT2D eigenvalue weighted by Gasteiger charge is 2.57. The number of allylic oxidation sites excluding steroid dienone is 6. The minimum absolute atomic E-state index is 0.0542. The molecule has 3 fully saturated rings. The Bertz CT molecular complexity index is 1430. The van der Waals surface area contributed by atoms with E-state index in [1.807, 2.05) is 0 Å². The summed E-state index contributed by atoms with van der Waals surface area (Å²) in [5.74, 6) is 3.16. The van der Waals surface area contributed by atoms with Crippen molar-refractivity contribution in [3.8, 4) is 11.5 Å². The molecule has 0 heterocycles. The molecule has 4 aliphatic carbocycles. The van der Waals surface area contributed by atoms with Crippen LogP contribution in [-0.2, 0) is 9.59 Å². The van der Waals surface area contributed by atoms with Crippen LogP contribution in [0.2, 0.25) is 0 Å². The molecule has 5 nitrogen and oxygen atoms in total. The van der Waals surface area contributed by atoms with E-state index in [-0.39, 0.29) is 11.3 Å². The molecule has 244 valence electrons. The van der Waals surface area contributed by atoms with Crippen molar-refractivity contribution in [2.24, 2.45) is 52.3 Å². The van der Waals surface area contributed by atoms with E-state index in [4.69, 9.17) is 9.47 Å². The quantitative estimate of drug-likeness (QED) is 0.130. The normalized spacial score (nSPS) is 32.6. The Hall–Kier alpha value is -3.08. The van der Waals surface area contributed by atoms with Crippen LogP contribution in [0.3, 0.4) is 0 Å². The Morgan fingerprint density at radius 2 is 1.71 bits per heavy atom. The molecule has 0 spiro atoms. The van der Waals surface area contributed by atoms with Gasteiger partial charge >= 0.3 is 11.9 Å². The number of hydrogen-bond acceptors (Lipinski definition) is 4. The van der Waals surface area contributed by atoms with E-state index in [2.05, 4.69) is 65.8 Å². The third-order valence-corrected chi connectivity index (χ3v) is 12.5. The first kappa shape index (κ1) is 33.3. The second kappa shape index (κ2) is 13.0. The van der Waals surface area contributed by atoms with Crippen molar-refractivity contribution < 1.29 is 24.2 Å². The summed E-state index contributed by atoms with van der Waals surface area (Å²) in [6.07, 6.45) is 19.3. The molecule has 0 amide bonds. The van der Waals surface area contributed by atoms with Crippen molar-refractivity contribution in [2.75, 3.05) is 7.11 Å². The predicted octanol–water partition coefficient (Wildman–Crippen LogP) is 9.69. The molecule has 5 rings (SSSR count). The number of hydrogen-bond donors (Lipinski definition) is 1. The molecule has 0 bridgehead atoms. The van der Waals surface area contributed by atoms with Gasteiger partial charge in [-0.25, -0.2) is 4.79 Å². The summed E-state index contributed by atoms with van der Waals surface area (Å²) in [6.45, 7) is 15.8. The molecule has 0 aromatic heterocycles. The summed E-state index contributed by atoms with van der Waals surface area (Å²) in [6, 6.07) is 5.17. The largest absolute Gasteiger partial charge is 0.493 e. The van der Waals surface area contributed by atoms with E-state index < -0.39 is 11.9 Å². The first-order valence-electron chi connectivity index (χ1n) is 17.2. The van der Waals surface area contributed by atoms with Gasteiger partial charge in [0.2, 0.25) is 0 Å². The van der Waals surface area contributed by atoms with Crippen molar-refractivity contribution in [1.82, 2.24) is 0 Å². The molecular weight excluding hydrogens is 560 g/mol. The van der Waals surface area contributed by atoms with Gasteiger partial charge in [0.05, 0.1) is 7.11 Å². The molecule has 1 N–H and O–H groups in total. The molecule has 0 radical (unpaired) electrons. The molecule has 5 heteroatoms. The van der Waals surface area contributed by atoms with Gasteiger partial charge in [-0.05, 0) is 121 Å². The maximum atomic E-state index is 12.6. The molecule has 0 aliphatic heterocycles. The van der Waals surface area contributed by atoms with Gasteiger partial charge in [0.25, 0.3) is 0 Å². The summed E-state index contributed by atoms with van der Waals surface area (Å²) < 4.78 is 10.7. The topological polar surface area (TPSA) is 72.8 Å². The number of fused-ring (bicyclic) bond motifs is 5. The standard InChI is InChI=1S/C40H54O5/c1-24(2)25(3)9-10-26(4)33-14-15-34-31-13-12-30-23-29(17-19-39(30,6)35(31)18-20-40(33,34)7)32(38(42)43)21-28-11-16-36(45-27(5)41)37(22-28)44-8/h9-13,16,21-22,24-26,29,33-35H,14-15,17-20,23H2,1-8H3,(H,42,43)/b10-9+,32-21+/t25-,26+,29-,33+,34?,35?,39-,40+/m0/s1. The van der Waals surface area contributed by atoms with E-state index in [1.54, 1.807) is 29.8 Å². The number of carbonyl (C=O) groups excluding carboxylic acids is 1. The SMILES string of the molecule is COc1cc(/C=C(/C(=O)O)[C@H]2CC[C@@]3(C)C(=CC=C4C3CC[C@@]3(C)C4CC[C@@H]3[C@H](C)/C=C/[C@H](C)C(C)C)C2)ccc1OC(C)=O. The van der Waals surface area contributed by atoms with Crippen LogP contribution in [0.5, 0.6) is 11.5 Å². The molecule has 1 aromatic rings. The minimum atomic E-state index is -0.879. The molecular formula is C40H54O5. The maximum absolute atomic E-state index is 12.6. The summed E-state index contributed by atoms with van der Waals surface area (Å²) in [5, 5.41) is 10.3. The van der Waals surface area contributed by atoms with E-state index in [1.165, 1.54) is 45.3 Å². The number of carboxylic acid groups (broad SMARTS) is 1. The average Bonchev–Trinajstić information content (AvgIpc) is 3.35. The fraction of sp³-hybridized carbons (Fsp3) is 0.600. The van der Waals surface area contributed by atoms with Crippen molar-refractivity contribution in [3.63, 3.8) is 0 Å². The second-order valence-electron chi connectivity index (χ2n) is 15.3. The molecule has 1 aromatic carbocycles. The van der Waals surface area contributed by atoms with Crippen molar-refractivity contribution >= 4 is 18.0 Å². The molecule has 8 atom stereocenters. The Morgan fingerprint density at radius 3 is 2.38 bits per heavy atom. The van der Waals surface area contributed by atoms with Gasteiger partial charge in [-0.3, -0.25) is 4.79 Å². The summed E-state index contributed by atoms with van der Waals surface area (Å²) in [4.78, 5) is 24.1. The lowest BCUT2D eigenvalue weighted by molar-refractivity contribution is -0.133. The zero-order valence-corrected chi connectivity index (χ0v) is 28.7. The van der Waals surface area contributed by atoms with Crippen LogP contribution >= 0.6 is 0 Å². The lowest BCUT2D eigenvalue weighted by Crippen LogP contribution is -2.46. The first-order valence-corrected chi connectivity index (χ1v) is 17.2. The second-order valence-corrected chi connectivity index (χ2v) is 15.3. The molecule has 45 heavy (non-hydrogen) atoms. The molecule has 4 aliphatic rings. The highest BCUT2D eigenvalue weighted by Crippen LogP contribution is 2.66. The van der Waals surface area contributed by atoms with E-state index >= 15 is 0 Å². The van der Waals surface area contributed by atoms with Crippen LogP contribution in [0.1, 0.15) is 99.0 Å². The van der Waals surface area contributed by atoms with Crippen molar-refractivity contribution in [2.45, 2.75) is 93.4 Å². The van der Waals surface area contributed by atoms with Crippen molar-refractivity contribution in [1.29, 1.82) is 0 Å². The maximum Gasteiger partial charge on any atom is 0.331 e. The summed E-state index contributed by atoms with van der Waals surface area (Å²) in [7, 11) is 1.51. The molecule has 0 saturated heterocycles. The van der Waals surface area contributed by atoms with Crippen LogP contribution in [0.25, 0.3) is 6.08 Å². The first-order chi connectivity index (χ1) is 21.3. The molecule has 2 unspecified atom stereocenters. The monoisotopic (exact) mass is 614 g/mol. The van der Waals surface area contributed by atoms with Crippen LogP contribution in [0.15, 0.2) is 59.2 Å². The van der Waals surface area contributed by atoms with Crippen LogP contribution in [0, 0.1) is 52.3 Å². The lowest BCUT2D eigenvalue weighted by Gasteiger charge is -2.55. The number of methoxy groups -OCH3 is 1. The number of esters is 1. The number of rotatable bonds is 9. The zero-order valence-electron chi connectivity index (χ0n) is 28.7. The van der Waals surface area contributed by atoms with E-state index in [0.29, 0.717) is 52.1 Å². The third kappa shape index (κ3) is 6.33. The third-order valence-electron chi connectivity index (χ3n) is 12.5. The highest BCUT2D eigenvalue weighted by atomic mass is 16.6. The van der Waals surface area contributed by atoms with Crippen LogP contribution in [0.4, 0.5) is 0 Å². The number of benzene rings is 1. The number of aliphatic carboxylic acids is 1. The Kier molecular flexibility index (Phi) is 9.59. The predicted molar refractivity (Wildman–Crippen MR) is 181 cm³/mol. The van der Waals surface area contributed by atoms with Gasteiger partial charge < -0.3 is 14.6 Å². The van der Waals surface area contributed by atoms with Gasteiger partial charge in [0.15, 0.2) is 11.5 Å². The van der Waals surface area contributed by atoms with Gasteiger partial charge in [0.1, 0.15) is 0 Å². The highest BCUT2D eigenvalue weighted by molar-refractivity contribution is 5.93. The fourth-order valence-corrected chi connectivity index (χ4v) is 9.43. The average molecular weight is 615 g/mol.